The van der Waals surface area contributed by atoms with Crippen molar-refractivity contribution in [2.75, 3.05) is 0 Å². The molecule has 0 spiro atoms. The summed E-state index contributed by atoms with van der Waals surface area (Å²) in [7, 11) is 2.75. The van der Waals surface area contributed by atoms with E-state index in [-0.39, 0.29) is 11.5 Å². The molecule has 0 amide bonds. The fraction of sp³-hybridized carbons (Fsp3) is 0.571. The highest BCUT2D eigenvalue weighted by Gasteiger charge is 2.42. The van der Waals surface area contributed by atoms with Crippen LogP contribution in [0.25, 0.3) is 0 Å². The minimum Gasteiger partial charge on any atom is -0.481 e. The van der Waals surface area contributed by atoms with Crippen molar-refractivity contribution < 1.29 is 14.7 Å². The number of aromatic nitrogens is 2. The SMILES string of the molecule is CC1CC(C(=O)O)C(C(=O)c2cn(C)c(=O)n(C)c2=O)C1. The standard InChI is InChI=1S/C14H18N2O5/c1-7-4-8(9(5-7)13(19)20)11(17)10-6-15(2)14(21)16(3)12(10)18/h6-9H,4-5H2,1-3H3,(H,19,20). The monoisotopic (exact) mass is 294 g/mol. The molecule has 1 N–H and O–H groups in total. The van der Waals surface area contributed by atoms with Crippen LogP contribution in [0.15, 0.2) is 15.8 Å². The van der Waals surface area contributed by atoms with E-state index in [1.807, 2.05) is 6.92 Å². The summed E-state index contributed by atoms with van der Waals surface area (Å²) in [5, 5.41) is 9.23. The van der Waals surface area contributed by atoms with E-state index in [0.29, 0.717) is 12.8 Å². The van der Waals surface area contributed by atoms with Gasteiger partial charge >= 0.3 is 11.7 Å². The van der Waals surface area contributed by atoms with Gasteiger partial charge in [0, 0.05) is 26.2 Å². The summed E-state index contributed by atoms with van der Waals surface area (Å²) in [4.78, 5) is 47.5. The molecule has 0 aliphatic heterocycles. The molecule has 1 heterocycles. The Morgan fingerprint density at radius 3 is 2.33 bits per heavy atom. The Morgan fingerprint density at radius 1 is 1.19 bits per heavy atom. The minimum atomic E-state index is -1.01. The molecule has 114 valence electrons. The second-order valence-electron chi connectivity index (χ2n) is 5.79. The normalized spacial score (nSPS) is 25.0. The number of ketones is 1. The van der Waals surface area contributed by atoms with Crippen LogP contribution < -0.4 is 11.2 Å². The van der Waals surface area contributed by atoms with Gasteiger partial charge in [0.05, 0.1) is 11.5 Å². The Bertz CT molecular complexity index is 715. The van der Waals surface area contributed by atoms with E-state index in [1.165, 1.54) is 20.3 Å². The van der Waals surface area contributed by atoms with Crippen LogP contribution in [0.3, 0.4) is 0 Å². The zero-order valence-corrected chi connectivity index (χ0v) is 12.2. The van der Waals surface area contributed by atoms with Crippen molar-refractivity contribution in [3.8, 4) is 0 Å². The van der Waals surface area contributed by atoms with Crippen molar-refractivity contribution in [3.05, 3.63) is 32.6 Å². The van der Waals surface area contributed by atoms with Crippen LogP contribution in [0.2, 0.25) is 0 Å². The molecule has 21 heavy (non-hydrogen) atoms. The summed E-state index contributed by atoms with van der Waals surface area (Å²) in [6, 6.07) is 0. The Kier molecular flexibility index (Phi) is 3.85. The Labute approximate surface area is 120 Å². The highest BCUT2D eigenvalue weighted by atomic mass is 16.4. The third-order valence-electron chi connectivity index (χ3n) is 4.16. The van der Waals surface area contributed by atoms with Gasteiger partial charge in [-0.1, -0.05) is 6.92 Å². The van der Waals surface area contributed by atoms with E-state index in [1.54, 1.807) is 0 Å². The molecular formula is C14H18N2O5. The molecular weight excluding hydrogens is 276 g/mol. The Morgan fingerprint density at radius 2 is 1.76 bits per heavy atom. The summed E-state index contributed by atoms with van der Waals surface area (Å²) < 4.78 is 2.02. The number of nitrogens with zero attached hydrogens (tertiary/aromatic N) is 2. The quantitative estimate of drug-likeness (QED) is 0.792. The van der Waals surface area contributed by atoms with Gasteiger partial charge in [-0.15, -0.1) is 0 Å². The minimum absolute atomic E-state index is 0.120. The molecule has 1 fully saturated rings. The Balaban J connectivity index is 2.48. The molecule has 0 radical (unpaired) electrons. The lowest BCUT2D eigenvalue weighted by molar-refractivity contribution is -0.142. The van der Waals surface area contributed by atoms with Crippen LogP contribution in [0.4, 0.5) is 0 Å². The molecule has 0 bridgehead atoms. The van der Waals surface area contributed by atoms with E-state index in [9.17, 15) is 24.3 Å². The van der Waals surface area contributed by atoms with Gasteiger partial charge in [-0.2, -0.15) is 0 Å². The fourth-order valence-corrected chi connectivity index (χ4v) is 3.03. The number of carbonyl (C=O) groups excluding carboxylic acids is 1. The first-order valence-corrected chi connectivity index (χ1v) is 6.77. The van der Waals surface area contributed by atoms with Crippen molar-refractivity contribution in [1.82, 2.24) is 9.13 Å². The zero-order valence-electron chi connectivity index (χ0n) is 12.2. The lowest BCUT2D eigenvalue weighted by atomic mass is 9.89. The van der Waals surface area contributed by atoms with Gasteiger partial charge in [0.25, 0.3) is 5.56 Å². The highest BCUT2D eigenvalue weighted by Crippen LogP contribution is 2.37. The second-order valence-corrected chi connectivity index (χ2v) is 5.79. The summed E-state index contributed by atoms with van der Waals surface area (Å²) >= 11 is 0. The molecule has 3 unspecified atom stereocenters. The van der Waals surface area contributed by atoms with Crippen LogP contribution in [-0.4, -0.2) is 26.0 Å². The first kappa shape index (κ1) is 15.2. The number of hydrogen-bond acceptors (Lipinski definition) is 4. The predicted molar refractivity (Wildman–Crippen MR) is 74.3 cm³/mol. The number of Topliss-reactive ketones (excluding diaryl/α,β-unsaturated/α-hetero) is 1. The highest BCUT2D eigenvalue weighted by molar-refractivity contribution is 5.99. The van der Waals surface area contributed by atoms with E-state index < -0.39 is 34.8 Å². The number of aryl methyl sites for hydroxylation is 1. The molecule has 1 aromatic heterocycles. The van der Waals surface area contributed by atoms with Gasteiger partial charge < -0.3 is 9.67 Å². The van der Waals surface area contributed by atoms with Gasteiger partial charge in [0.15, 0.2) is 5.78 Å². The van der Waals surface area contributed by atoms with E-state index in [2.05, 4.69) is 0 Å². The first-order chi connectivity index (χ1) is 9.73. The number of rotatable bonds is 3. The largest absolute Gasteiger partial charge is 0.481 e. The molecule has 1 saturated carbocycles. The van der Waals surface area contributed by atoms with Crippen molar-refractivity contribution in [2.45, 2.75) is 19.8 Å². The molecule has 0 aromatic carbocycles. The van der Waals surface area contributed by atoms with E-state index in [0.717, 1.165) is 9.13 Å². The average molecular weight is 294 g/mol. The average Bonchev–Trinajstić information content (AvgIpc) is 2.82. The van der Waals surface area contributed by atoms with E-state index in [4.69, 9.17) is 0 Å². The molecule has 7 heteroatoms. The van der Waals surface area contributed by atoms with Gasteiger partial charge in [-0.3, -0.25) is 19.0 Å². The zero-order chi connectivity index (χ0) is 15.9. The maximum absolute atomic E-state index is 12.6. The first-order valence-electron chi connectivity index (χ1n) is 6.77. The number of hydrogen-bond donors (Lipinski definition) is 1. The van der Waals surface area contributed by atoms with Gasteiger partial charge in [0.1, 0.15) is 0 Å². The Hall–Kier alpha value is -2.18. The van der Waals surface area contributed by atoms with E-state index >= 15 is 0 Å². The van der Waals surface area contributed by atoms with Crippen LogP contribution in [-0.2, 0) is 18.9 Å². The second kappa shape index (κ2) is 5.31. The van der Waals surface area contributed by atoms with Crippen LogP contribution in [0.1, 0.15) is 30.1 Å². The van der Waals surface area contributed by atoms with Crippen LogP contribution >= 0.6 is 0 Å². The lowest BCUT2D eigenvalue weighted by Gasteiger charge is -2.15. The third-order valence-corrected chi connectivity index (χ3v) is 4.16. The number of carboxylic acids is 1. The molecule has 0 saturated heterocycles. The molecule has 3 atom stereocenters. The van der Waals surface area contributed by atoms with Crippen molar-refractivity contribution >= 4 is 11.8 Å². The lowest BCUT2D eigenvalue weighted by Crippen LogP contribution is -2.41. The van der Waals surface area contributed by atoms with Gasteiger partial charge in [0.2, 0.25) is 0 Å². The van der Waals surface area contributed by atoms with Crippen molar-refractivity contribution in [1.29, 1.82) is 0 Å². The third kappa shape index (κ3) is 2.55. The van der Waals surface area contributed by atoms with Crippen LogP contribution in [0, 0.1) is 17.8 Å². The topological polar surface area (TPSA) is 98.4 Å². The number of carboxylic acid groups (broad SMARTS) is 1. The molecule has 1 aliphatic carbocycles. The van der Waals surface area contributed by atoms with Crippen molar-refractivity contribution in [2.24, 2.45) is 31.8 Å². The molecule has 1 aromatic rings. The summed E-state index contributed by atoms with van der Waals surface area (Å²) in [5.74, 6) is -2.85. The summed E-state index contributed by atoms with van der Waals surface area (Å²) in [6.45, 7) is 1.89. The van der Waals surface area contributed by atoms with Gasteiger partial charge in [-0.05, 0) is 18.8 Å². The smallest absolute Gasteiger partial charge is 0.330 e. The van der Waals surface area contributed by atoms with Crippen molar-refractivity contribution in [3.63, 3.8) is 0 Å². The molecule has 7 nitrogen and oxygen atoms in total. The maximum Gasteiger partial charge on any atom is 0.330 e. The number of aliphatic carboxylic acids is 1. The number of carbonyl (C=O) groups is 2. The predicted octanol–water partition coefficient (Wildman–Crippen LogP) is 0.0136. The summed E-state index contributed by atoms with van der Waals surface area (Å²) in [5.41, 5.74) is -1.32. The van der Waals surface area contributed by atoms with Gasteiger partial charge in [-0.25, -0.2) is 4.79 Å². The maximum atomic E-state index is 12.6. The summed E-state index contributed by atoms with van der Waals surface area (Å²) in [6.07, 6.45) is 2.08. The molecule has 1 aliphatic rings. The fourth-order valence-electron chi connectivity index (χ4n) is 3.03. The van der Waals surface area contributed by atoms with Crippen LogP contribution in [0.5, 0.6) is 0 Å². The molecule has 2 rings (SSSR count).